The maximum absolute atomic E-state index is 11.9. The van der Waals surface area contributed by atoms with E-state index in [4.69, 9.17) is 0 Å². The lowest BCUT2D eigenvalue weighted by molar-refractivity contribution is 0.0981. The Hall–Kier alpha value is -1.14. The molecule has 2 aromatic rings. The fourth-order valence-electron chi connectivity index (χ4n) is 1.97. The minimum atomic E-state index is 0.0295. The molecule has 19 heavy (non-hydrogen) atoms. The Morgan fingerprint density at radius 2 is 2.26 bits per heavy atom. The zero-order chi connectivity index (χ0) is 13.2. The molecule has 0 N–H and O–H groups in total. The van der Waals surface area contributed by atoms with Gasteiger partial charge >= 0.3 is 0 Å². The summed E-state index contributed by atoms with van der Waals surface area (Å²) in [5.41, 5.74) is 2.34. The Morgan fingerprint density at radius 1 is 1.42 bits per heavy atom. The van der Waals surface area contributed by atoms with Crippen LogP contribution in [0.1, 0.15) is 46.2 Å². The van der Waals surface area contributed by atoms with Crippen LogP contribution in [-0.2, 0) is 6.42 Å². The van der Waals surface area contributed by atoms with E-state index in [-0.39, 0.29) is 5.78 Å². The molecule has 6 heteroatoms. The van der Waals surface area contributed by atoms with Crippen LogP contribution in [0.4, 0.5) is 0 Å². The van der Waals surface area contributed by atoms with Crippen LogP contribution in [0.2, 0.25) is 0 Å². The summed E-state index contributed by atoms with van der Waals surface area (Å²) in [5, 5.41) is 8.09. The number of nitrogens with zero attached hydrogens (tertiary/aromatic N) is 3. The molecule has 4 nitrogen and oxygen atoms in total. The Morgan fingerprint density at radius 3 is 2.95 bits per heavy atom. The fraction of sp³-hybridized carbons (Fsp3) is 0.385. The standard InChI is InChI=1S/C13H12BrN3OS/c14-13-17-16-12(19-13)11(18)4-3-10-7-9(5-6-15-10)8-1-2-8/h5-8H,1-4H2. The summed E-state index contributed by atoms with van der Waals surface area (Å²) in [6, 6.07) is 4.20. The van der Waals surface area contributed by atoms with E-state index >= 15 is 0 Å². The maximum atomic E-state index is 11.9. The van der Waals surface area contributed by atoms with E-state index in [2.05, 4.69) is 43.2 Å². The highest BCUT2D eigenvalue weighted by atomic mass is 79.9. The molecule has 3 rings (SSSR count). The number of carbonyl (C=O) groups is 1. The van der Waals surface area contributed by atoms with Gasteiger partial charge in [0.2, 0.25) is 0 Å². The smallest absolute Gasteiger partial charge is 0.193 e. The van der Waals surface area contributed by atoms with Crippen LogP contribution in [0.25, 0.3) is 0 Å². The molecule has 0 amide bonds. The van der Waals surface area contributed by atoms with Crippen molar-refractivity contribution in [2.75, 3.05) is 0 Å². The fourth-order valence-corrected chi connectivity index (χ4v) is 3.05. The van der Waals surface area contributed by atoms with E-state index in [0.29, 0.717) is 21.8 Å². The van der Waals surface area contributed by atoms with Crippen LogP contribution >= 0.6 is 27.3 Å². The van der Waals surface area contributed by atoms with Crippen molar-refractivity contribution in [1.29, 1.82) is 0 Å². The largest absolute Gasteiger partial charge is 0.291 e. The highest BCUT2D eigenvalue weighted by molar-refractivity contribution is 9.11. The monoisotopic (exact) mass is 337 g/mol. The molecule has 2 heterocycles. The molecule has 0 aliphatic heterocycles. The first kappa shape index (κ1) is 12.9. The van der Waals surface area contributed by atoms with E-state index < -0.39 is 0 Å². The number of Topliss-reactive ketones (excluding diaryl/α,β-unsaturated/α-hetero) is 1. The van der Waals surface area contributed by atoms with Gasteiger partial charge in [-0.25, -0.2) is 0 Å². The molecule has 0 radical (unpaired) electrons. The first-order chi connectivity index (χ1) is 9.22. The van der Waals surface area contributed by atoms with E-state index in [1.807, 2.05) is 6.20 Å². The molecule has 1 fully saturated rings. The summed E-state index contributed by atoms with van der Waals surface area (Å²) in [5.74, 6) is 0.749. The number of aryl methyl sites for hydroxylation is 1. The zero-order valence-electron chi connectivity index (χ0n) is 10.2. The van der Waals surface area contributed by atoms with E-state index in [1.165, 1.54) is 29.7 Å². The van der Waals surface area contributed by atoms with Gasteiger partial charge in [0.1, 0.15) is 0 Å². The number of hydrogen-bond donors (Lipinski definition) is 0. The minimum absolute atomic E-state index is 0.0295. The van der Waals surface area contributed by atoms with Crippen molar-refractivity contribution >= 4 is 33.0 Å². The average molecular weight is 338 g/mol. The van der Waals surface area contributed by atoms with Gasteiger partial charge in [-0.05, 0) is 58.8 Å². The summed E-state index contributed by atoms with van der Waals surface area (Å²) < 4.78 is 0.643. The number of rotatable bonds is 5. The van der Waals surface area contributed by atoms with E-state index in [9.17, 15) is 4.79 Å². The molecule has 0 atom stereocenters. The number of pyridine rings is 1. The molecular weight excluding hydrogens is 326 g/mol. The maximum Gasteiger partial charge on any atom is 0.193 e. The third kappa shape index (κ3) is 3.25. The van der Waals surface area contributed by atoms with Crippen molar-refractivity contribution in [3.05, 3.63) is 38.5 Å². The Balaban J connectivity index is 1.62. The summed E-state index contributed by atoms with van der Waals surface area (Å²) in [6.45, 7) is 0. The molecule has 1 aliphatic rings. The lowest BCUT2D eigenvalue weighted by Crippen LogP contribution is -2.02. The number of carbonyl (C=O) groups excluding carboxylic acids is 1. The molecule has 0 saturated heterocycles. The first-order valence-corrected chi connectivity index (χ1v) is 7.80. The van der Waals surface area contributed by atoms with Gasteiger partial charge in [0.15, 0.2) is 14.7 Å². The summed E-state index contributed by atoms with van der Waals surface area (Å²) in [7, 11) is 0. The number of hydrogen-bond acceptors (Lipinski definition) is 5. The Labute approximate surface area is 123 Å². The van der Waals surface area contributed by atoms with Crippen LogP contribution in [0.15, 0.2) is 22.2 Å². The highest BCUT2D eigenvalue weighted by Gasteiger charge is 2.23. The van der Waals surface area contributed by atoms with Crippen molar-refractivity contribution in [3.8, 4) is 0 Å². The van der Waals surface area contributed by atoms with Crippen LogP contribution in [-0.4, -0.2) is 21.0 Å². The summed E-state index contributed by atoms with van der Waals surface area (Å²) in [6.07, 6.45) is 5.50. The van der Waals surface area contributed by atoms with Crippen molar-refractivity contribution in [2.24, 2.45) is 0 Å². The molecule has 1 aliphatic carbocycles. The molecule has 0 bridgehead atoms. The van der Waals surface area contributed by atoms with Crippen LogP contribution in [0.5, 0.6) is 0 Å². The number of ketones is 1. The van der Waals surface area contributed by atoms with Crippen LogP contribution in [0.3, 0.4) is 0 Å². The topological polar surface area (TPSA) is 55.7 Å². The Bertz CT molecular complexity index is 609. The van der Waals surface area contributed by atoms with Gasteiger partial charge < -0.3 is 0 Å². The summed E-state index contributed by atoms with van der Waals surface area (Å²) in [4.78, 5) is 16.2. The molecule has 1 saturated carbocycles. The zero-order valence-corrected chi connectivity index (χ0v) is 12.6. The SMILES string of the molecule is O=C(CCc1cc(C2CC2)ccn1)c1nnc(Br)s1. The predicted molar refractivity (Wildman–Crippen MR) is 76.5 cm³/mol. The highest BCUT2D eigenvalue weighted by Crippen LogP contribution is 2.39. The molecule has 0 unspecified atom stereocenters. The van der Waals surface area contributed by atoms with Gasteiger partial charge in [0, 0.05) is 18.3 Å². The van der Waals surface area contributed by atoms with Crippen LogP contribution < -0.4 is 0 Å². The van der Waals surface area contributed by atoms with Crippen LogP contribution in [0, 0.1) is 0 Å². The molecule has 2 aromatic heterocycles. The second-order valence-corrected chi connectivity index (χ2v) is 6.89. The van der Waals surface area contributed by atoms with Gasteiger partial charge in [-0.1, -0.05) is 11.3 Å². The molecule has 98 valence electrons. The number of aromatic nitrogens is 3. The van der Waals surface area contributed by atoms with Crippen molar-refractivity contribution in [2.45, 2.75) is 31.6 Å². The van der Waals surface area contributed by atoms with Crippen molar-refractivity contribution in [3.63, 3.8) is 0 Å². The second kappa shape index (κ2) is 5.46. The third-order valence-corrected chi connectivity index (χ3v) is 4.53. The molecule has 0 aromatic carbocycles. The second-order valence-electron chi connectivity index (χ2n) is 4.64. The lowest BCUT2D eigenvalue weighted by Gasteiger charge is -2.02. The van der Waals surface area contributed by atoms with E-state index in [0.717, 1.165) is 11.6 Å². The van der Waals surface area contributed by atoms with Gasteiger partial charge in [0.25, 0.3) is 0 Å². The minimum Gasteiger partial charge on any atom is -0.291 e. The average Bonchev–Trinajstić information content (AvgIpc) is 3.19. The van der Waals surface area contributed by atoms with Crippen molar-refractivity contribution < 1.29 is 4.79 Å². The lowest BCUT2D eigenvalue weighted by atomic mass is 10.1. The Kier molecular flexibility index (Phi) is 3.70. The normalized spacial score (nSPS) is 14.6. The van der Waals surface area contributed by atoms with Gasteiger partial charge in [-0.15, -0.1) is 10.2 Å². The quantitative estimate of drug-likeness (QED) is 0.784. The summed E-state index contributed by atoms with van der Waals surface area (Å²) >= 11 is 4.48. The number of halogens is 1. The van der Waals surface area contributed by atoms with E-state index in [1.54, 1.807) is 0 Å². The molecular formula is C13H12BrN3OS. The third-order valence-electron chi connectivity index (χ3n) is 3.14. The van der Waals surface area contributed by atoms with Gasteiger partial charge in [-0.3, -0.25) is 9.78 Å². The predicted octanol–water partition coefficient (Wildman–Crippen LogP) is 3.39. The van der Waals surface area contributed by atoms with Crippen molar-refractivity contribution in [1.82, 2.24) is 15.2 Å². The van der Waals surface area contributed by atoms with Gasteiger partial charge in [-0.2, -0.15) is 0 Å². The van der Waals surface area contributed by atoms with Gasteiger partial charge in [0.05, 0.1) is 0 Å². The first-order valence-electron chi connectivity index (χ1n) is 6.19. The molecule has 0 spiro atoms.